The van der Waals surface area contributed by atoms with Gasteiger partial charge >= 0.3 is 0 Å². The average Bonchev–Trinajstić information content (AvgIpc) is 3.18. The summed E-state index contributed by atoms with van der Waals surface area (Å²) in [6.07, 6.45) is 3.95. The van der Waals surface area contributed by atoms with Crippen molar-refractivity contribution in [3.05, 3.63) is 28.0 Å². The van der Waals surface area contributed by atoms with Gasteiger partial charge in [0, 0.05) is 32.2 Å². The van der Waals surface area contributed by atoms with E-state index in [0.717, 1.165) is 32.4 Å². The highest BCUT2D eigenvalue weighted by Gasteiger charge is 2.34. The van der Waals surface area contributed by atoms with Crippen LogP contribution in [0.4, 0.5) is 0 Å². The molecule has 3 heterocycles. The van der Waals surface area contributed by atoms with Crippen LogP contribution in [0.15, 0.2) is 15.5 Å². The molecule has 2 aliphatic rings. The van der Waals surface area contributed by atoms with Gasteiger partial charge in [-0.3, -0.25) is 14.5 Å². The second-order valence-electron chi connectivity index (χ2n) is 6.84. The predicted octanol–water partition coefficient (Wildman–Crippen LogP) is 0.496. The molecule has 0 unspecified atom stereocenters. The second kappa shape index (κ2) is 6.27. The molecular formula is C17H22N4O4. The van der Waals surface area contributed by atoms with Crippen molar-refractivity contribution in [1.82, 2.24) is 19.8 Å². The molecule has 1 saturated carbocycles. The number of hydrogen-bond donors (Lipinski definition) is 2. The van der Waals surface area contributed by atoms with E-state index in [0.29, 0.717) is 24.4 Å². The summed E-state index contributed by atoms with van der Waals surface area (Å²) >= 11 is 0. The zero-order chi connectivity index (χ0) is 17.6. The van der Waals surface area contributed by atoms with Crippen LogP contribution in [0.25, 0.3) is 11.1 Å². The first-order chi connectivity index (χ1) is 12.1. The number of aromatic nitrogens is 2. The third kappa shape index (κ3) is 2.75. The molecule has 2 atom stereocenters. The van der Waals surface area contributed by atoms with Crippen molar-refractivity contribution < 1.29 is 14.3 Å². The second-order valence-corrected chi connectivity index (χ2v) is 6.84. The number of furan rings is 1. The van der Waals surface area contributed by atoms with Gasteiger partial charge in [0.1, 0.15) is 11.1 Å². The van der Waals surface area contributed by atoms with Crippen molar-refractivity contribution in [2.24, 2.45) is 0 Å². The quantitative estimate of drug-likeness (QED) is 0.821. The first kappa shape index (κ1) is 16.3. The Hall–Kier alpha value is -2.19. The minimum absolute atomic E-state index is 0.192. The lowest BCUT2D eigenvalue weighted by Crippen LogP contribution is -2.53. The van der Waals surface area contributed by atoms with Crippen LogP contribution in [0.3, 0.4) is 0 Å². The number of nitrogens with zero attached hydrogens (tertiary/aromatic N) is 3. The van der Waals surface area contributed by atoms with Gasteiger partial charge in [-0.1, -0.05) is 0 Å². The summed E-state index contributed by atoms with van der Waals surface area (Å²) in [6, 6.07) is 0.209. The lowest BCUT2D eigenvalue weighted by molar-refractivity contribution is 0.0315. The summed E-state index contributed by atoms with van der Waals surface area (Å²) in [5, 5.41) is 10.3. The Morgan fingerprint density at radius 3 is 2.76 bits per heavy atom. The molecule has 1 aliphatic carbocycles. The summed E-state index contributed by atoms with van der Waals surface area (Å²) in [5.41, 5.74) is 0.133. The van der Waals surface area contributed by atoms with Crippen LogP contribution in [0.1, 0.15) is 35.4 Å². The molecule has 0 bridgehead atoms. The van der Waals surface area contributed by atoms with Gasteiger partial charge in [-0.2, -0.15) is 0 Å². The highest BCUT2D eigenvalue weighted by Crippen LogP contribution is 2.26. The number of H-pyrrole nitrogens is 1. The minimum atomic E-state index is -0.363. The number of hydrogen-bond acceptors (Lipinski definition) is 6. The van der Waals surface area contributed by atoms with Gasteiger partial charge in [-0.05, 0) is 26.2 Å². The maximum atomic E-state index is 13.0. The average molecular weight is 346 g/mol. The highest BCUT2D eigenvalue weighted by atomic mass is 16.3. The molecule has 2 aromatic heterocycles. The number of carbonyl (C=O) groups excluding carboxylic acids is 1. The van der Waals surface area contributed by atoms with Crippen LogP contribution in [-0.2, 0) is 0 Å². The van der Waals surface area contributed by atoms with Crippen molar-refractivity contribution in [3.63, 3.8) is 0 Å². The van der Waals surface area contributed by atoms with Gasteiger partial charge in [0.2, 0.25) is 5.71 Å². The normalized spacial score (nSPS) is 25.0. The van der Waals surface area contributed by atoms with Crippen molar-refractivity contribution in [2.45, 2.75) is 38.3 Å². The Morgan fingerprint density at radius 1 is 1.32 bits per heavy atom. The number of aromatic amines is 1. The Morgan fingerprint density at radius 2 is 2.08 bits per heavy atom. The lowest BCUT2D eigenvalue weighted by atomic mass is 10.1. The minimum Gasteiger partial charge on any atom is -0.442 e. The molecule has 2 N–H and O–H groups in total. The van der Waals surface area contributed by atoms with Crippen LogP contribution in [0.5, 0.6) is 0 Å². The molecule has 0 radical (unpaired) electrons. The number of amides is 1. The Labute approximate surface area is 144 Å². The van der Waals surface area contributed by atoms with Crippen LogP contribution < -0.4 is 5.56 Å². The van der Waals surface area contributed by atoms with Gasteiger partial charge in [-0.25, -0.2) is 4.98 Å². The highest BCUT2D eigenvalue weighted by molar-refractivity contribution is 6.06. The van der Waals surface area contributed by atoms with Crippen molar-refractivity contribution in [1.29, 1.82) is 0 Å². The predicted molar refractivity (Wildman–Crippen MR) is 90.5 cm³/mol. The molecular weight excluding hydrogens is 324 g/mol. The Balaban J connectivity index is 1.53. The van der Waals surface area contributed by atoms with E-state index in [1.54, 1.807) is 11.8 Å². The molecule has 1 aliphatic heterocycles. The fraction of sp³-hybridized carbons (Fsp3) is 0.588. The fourth-order valence-electron chi connectivity index (χ4n) is 4.07. The maximum Gasteiger partial charge on any atom is 0.262 e. The first-order valence-electron chi connectivity index (χ1n) is 8.74. The first-order valence-corrected chi connectivity index (χ1v) is 8.74. The molecule has 134 valence electrons. The standard InChI is InChI=1S/C17H22N4O4/c1-10-13(14-15(23)18-9-19-16(14)25-10)17(24)21-7-5-20(6-8-21)11-3-2-4-12(11)22/h9,11-12,22H,2-8H2,1H3,(H,18,19,23)/t11-,12+/m0/s1. The van der Waals surface area contributed by atoms with Crippen LogP contribution in [0.2, 0.25) is 0 Å². The third-order valence-electron chi connectivity index (χ3n) is 5.40. The van der Waals surface area contributed by atoms with E-state index < -0.39 is 0 Å². The summed E-state index contributed by atoms with van der Waals surface area (Å²) in [5.74, 6) is 0.221. The van der Waals surface area contributed by atoms with E-state index in [9.17, 15) is 14.7 Å². The number of fused-ring (bicyclic) bond motifs is 1. The molecule has 1 saturated heterocycles. The van der Waals surface area contributed by atoms with Crippen molar-refractivity contribution in [2.75, 3.05) is 26.2 Å². The lowest BCUT2D eigenvalue weighted by Gasteiger charge is -2.39. The molecule has 8 nitrogen and oxygen atoms in total. The summed E-state index contributed by atoms with van der Waals surface area (Å²) in [4.78, 5) is 35.6. The molecule has 2 aromatic rings. The Bertz CT molecular complexity index is 850. The van der Waals surface area contributed by atoms with E-state index >= 15 is 0 Å². The number of aliphatic hydroxyl groups excluding tert-OH is 1. The molecule has 2 fully saturated rings. The van der Waals surface area contributed by atoms with Gasteiger partial charge < -0.3 is 19.4 Å². The van der Waals surface area contributed by atoms with Crippen LogP contribution in [-0.4, -0.2) is 69.1 Å². The maximum absolute atomic E-state index is 13.0. The summed E-state index contributed by atoms with van der Waals surface area (Å²) < 4.78 is 5.49. The smallest absolute Gasteiger partial charge is 0.262 e. The monoisotopic (exact) mass is 346 g/mol. The number of aryl methyl sites for hydroxylation is 1. The van der Waals surface area contributed by atoms with E-state index in [1.165, 1.54) is 6.33 Å². The van der Waals surface area contributed by atoms with Crippen LogP contribution >= 0.6 is 0 Å². The number of carbonyl (C=O) groups is 1. The van der Waals surface area contributed by atoms with E-state index in [-0.39, 0.29) is 34.7 Å². The molecule has 8 heteroatoms. The molecule has 0 aromatic carbocycles. The van der Waals surface area contributed by atoms with Gasteiger partial charge in [-0.15, -0.1) is 0 Å². The number of aliphatic hydroxyl groups is 1. The number of rotatable bonds is 2. The molecule has 1 amide bonds. The molecule has 0 spiro atoms. The van der Waals surface area contributed by atoms with E-state index in [4.69, 9.17) is 4.42 Å². The zero-order valence-electron chi connectivity index (χ0n) is 14.2. The largest absolute Gasteiger partial charge is 0.442 e. The molecule has 4 rings (SSSR count). The van der Waals surface area contributed by atoms with Crippen molar-refractivity contribution >= 4 is 17.0 Å². The number of nitrogens with one attached hydrogen (secondary N) is 1. The van der Waals surface area contributed by atoms with Gasteiger partial charge in [0.25, 0.3) is 11.5 Å². The SMILES string of the molecule is Cc1oc2nc[nH]c(=O)c2c1C(=O)N1CCN([C@H]2CCC[C@H]2O)CC1. The van der Waals surface area contributed by atoms with Gasteiger partial charge in [0.05, 0.1) is 18.0 Å². The van der Waals surface area contributed by atoms with E-state index in [1.807, 2.05) is 0 Å². The topological polar surface area (TPSA) is 103 Å². The van der Waals surface area contributed by atoms with E-state index in [2.05, 4.69) is 14.9 Å². The fourth-order valence-corrected chi connectivity index (χ4v) is 4.07. The summed E-state index contributed by atoms with van der Waals surface area (Å²) in [7, 11) is 0. The molecule has 25 heavy (non-hydrogen) atoms. The third-order valence-corrected chi connectivity index (χ3v) is 5.40. The Kier molecular flexibility index (Phi) is 4.09. The summed E-state index contributed by atoms with van der Waals surface area (Å²) in [6.45, 7) is 4.30. The van der Waals surface area contributed by atoms with Crippen LogP contribution in [0, 0.1) is 6.92 Å². The van der Waals surface area contributed by atoms with Gasteiger partial charge in [0.15, 0.2) is 0 Å². The zero-order valence-corrected chi connectivity index (χ0v) is 14.2. The van der Waals surface area contributed by atoms with Crippen molar-refractivity contribution in [3.8, 4) is 0 Å². The number of piperazine rings is 1.